The van der Waals surface area contributed by atoms with E-state index in [-0.39, 0.29) is 6.10 Å². The number of unbranched alkanes of at least 4 members (excludes halogenated alkanes) is 1. The van der Waals surface area contributed by atoms with Gasteiger partial charge in [0.2, 0.25) is 0 Å². The van der Waals surface area contributed by atoms with Crippen LogP contribution in [0.2, 0.25) is 0 Å². The molecule has 1 aromatic carbocycles. The molecule has 1 rings (SSSR count). The lowest BCUT2D eigenvalue weighted by molar-refractivity contribution is 0.00365. The average Bonchev–Trinajstić information content (AvgIpc) is 2.49. The molecule has 0 spiro atoms. The molecule has 0 saturated carbocycles. The molecule has 0 saturated heterocycles. The summed E-state index contributed by atoms with van der Waals surface area (Å²) in [5.41, 5.74) is 1.20. The SMILES string of the molecule is CCCCOCCOC(CNCCC)c1cccc(Br)c1. The second kappa shape index (κ2) is 12.2. The van der Waals surface area contributed by atoms with Crippen LogP contribution in [0.5, 0.6) is 0 Å². The molecule has 1 atom stereocenters. The molecule has 0 aliphatic carbocycles. The van der Waals surface area contributed by atoms with Gasteiger partial charge < -0.3 is 14.8 Å². The minimum Gasteiger partial charge on any atom is -0.379 e. The number of nitrogens with one attached hydrogen (secondary N) is 1. The van der Waals surface area contributed by atoms with E-state index in [9.17, 15) is 0 Å². The summed E-state index contributed by atoms with van der Waals surface area (Å²) < 4.78 is 12.6. The van der Waals surface area contributed by atoms with E-state index in [4.69, 9.17) is 9.47 Å². The van der Waals surface area contributed by atoms with Crippen molar-refractivity contribution in [2.24, 2.45) is 0 Å². The predicted molar refractivity (Wildman–Crippen MR) is 91.7 cm³/mol. The second-order valence-electron chi connectivity index (χ2n) is 5.08. The van der Waals surface area contributed by atoms with E-state index < -0.39 is 0 Å². The quantitative estimate of drug-likeness (QED) is 0.565. The molecule has 0 heterocycles. The minimum atomic E-state index is 0.0730. The van der Waals surface area contributed by atoms with Gasteiger partial charge in [-0.05, 0) is 37.1 Å². The molecule has 0 bridgehead atoms. The highest BCUT2D eigenvalue weighted by Crippen LogP contribution is 2.20. The fourth-order valence-electron chi connectivity index (χ4n) is 1.99. The van der Waals surface area contributed by atoms with Gasteiger partial charge in [-0.1, -0.05) is 48.3 Å². The Balaban J connectivity index is 2.41. The zero-order chi connectivity index (χ0) is 15.3. The Morgan fingerprint density at radius 3 is 2.71 bits per heavy atom. The van der Waals surface area contributed by atoms with Gasteiger partial charge in [-0.2, -0.15) is 0 Å². The fourth-order valence-corrected chi connectivity index (χ4v) is 2.40. The molecular weight excluding hydrogens is 330 g/mol. The van der Waals surface area contributed by atoms with Crippen molar-refractivity contribution in [1.29, 1.82) is 0 Å². The molecule has 0 fully saturated rings. The lowest BCUT2D eigenvalue weighted by Crippen LogP contribution is -2.25. The molecule has 1 aromatic rings. The number of hydrogen-bond acceptors (Lipinski definition) is 3. The molecule has 0 aliphatic rings. The van der Waals surface area contributed by atoms with Crippen LogP contribution in [0.4, 0.5) is 0 Å². The Labute approximate surface area is 137 Å². The van der Waals surface area contributed by atoms with Crippen LogP contribution < -0.4 is 5.32 Å². The largest absolute Gasteiger partial charge is 0.379 e. The van der Waals surface area contributed by atoms with E-state index in [2.05, 4.69) is 47.2 Å². The molecule has 0 radical (unpaired) electrons. The van der Waals surface area contributed by atoms with Gasteiger partial charge in [0.15, 0.2) is 0 Å². The number of hydrogen-bond donors (Lipinski definition) is 1. The summed E-state index contributed by atoms with van der Waals surface area (Å²) in [5.74, 6) is 0. The van der Waals surface area contributed by atoms with Crippen LogP contribution in [0.3, 0.4) is 0 Å². The summed E-state index contributed by atoms with van der Waals surface area (Å²) in [5, 5.41) is 3.43. The topological polar surface area (TPSA) is 30.5 Å². The second-order valence-corrected chi connectivity index (χ2v) is 6.00. The van der Waals surface area contributed by atoms with Gasteiger partial charge in [0.05, 0.1) is 19.3 Å². The highest BCUT2D eigenvalue weighted by Gasteiger charge is 2.11. The maximum atomic E-state index is 6.00. The van der Waals surface area contributed by atoms with Crippen LogP contribution in [-0.2, 0) is 9.47 Å². The summed E-state index contributed by atoms with van der Waals surface area (Å²) in [7, 11) is 0. The van der Waals surface area contributed by atoms with Crippen LogP contribution in [0.25, 0.3) is 0 Å². The molecule has 1 N–H and O–H groups in total. The summed E-state index contributed by atoms with van der Waals surface area (Å²) in [6.07, 6.45) is 3.49. The van der Waals surface area contributed by atoms with Gasteiger partial charge in [0, 0.05) is 17.6 Å². The van der Waals surface area contributed by atoms with Gasteiger partial charge in [-0.25, -0.2) is 0 Å². The Morgan fingerprint density at radius 2 is 2.00 bits per heavy atom. The van der Waals surface area contributed by atoms with Gasteiger partial charge in [0.25, 0.3) is 0 Å². The van der Waals surface area contributed by atoms with Crippen molar-refractivity contribution in [2.75, 3.05) is 32.9 Å². The van der Waals surface area contributed by atoms with E-state index in [0.717, 1.165) is 37.0 Å². The zero-order valence-corrected chi connectivity index (χ0v) is 14.8. The first-order valence-electron chi connectivity index (χ1n) is 7.93. The van der Waals surface area contributed by atoms with E-state index >= 15 is 0 Å². The summed E-state index contributed by atoms with van der Waals surface area (Å²) in [6.45, 7) is 8.31. The monoisotopic (exact) mass is 357 g/mol. The molecule has 120 valence electrons. The Kier molecular flexibility index (Phi) is 10.8. The maximum Gasteiger partial charge on any atom is 0.0950 e. The molecular formula is C17H28BrNO2. The highest BCUT2D eigenvalue weighted by molar-refractivity contribution is 9.10. The van der Waals surface area contributed by atoms with Crippen molar-refractivity contribution in [2.45, 2.75) is 39.2 Å². The first-order valence-corrected chi connectivity index (χ1v) is 8.72. The van der Waals surface area contributed by atoms with E-state index in [1.807, 2.05) is 12.1 Å². The number of rotatable bonds is 12. The lowest BCUT2D eigenvalue weighted by atomic mass is 10.1. The normalized spacial score (nSPS) is 12.5. The van der Waals surface area contributed by atoms with Crippen LogP contribution in [-0.4, -0.2) is 32.9 Å². The third-order valence-corrected chi connectivity index (χ3v) is 3.66. The van der Waals surface area contributed by atoms with Crippen molar-refractivity contribution < 1.29 is 9.47 Å². The van der Waals surface area contributed by atoms with Crippen LogP contribution in [0.15, 0.2) is 28.7 Å². The van der Waals surface area contributed by atoms with Gasteiger partial charge >= 0.3 is 0 Å². The zero-order valence-electron chi connectivity index (χ0n) is 13.2. The third kappa shape index (κ3) is 8.57. The van der Waals surface area contributed by atoms with Crippen molar-refractivity contribution in [1.82, 2.24) is 5.32 Å². The third-order valence-electron chi connectivity index (χ3n) is 3.17. The van der Waals surface area contributed by atoms with Crippen molar-refractivity contribution in [3.05, 3.63) is 34.3 Å². The van der Waals surface area contributed by atoms with Gasteiger partial charge in [-0.15, -0.1) is 0 Å². The van der Waals surface area contributed by atoms with Crippen molar-refractivity contribution in [3.8, 4) is 0 Å². The van der Waals surface area contributed by atoms with Crippen LogP contribution in [0.1, 0.15) is 44.8 Å². The molecule has 0 aromatic heterocycles. The average molecular weight is 358 g/mol. The maximum absolute atomic E-state index is 6.00. The number of halogens is 1. The fraction of sp³-hybridized carbons (Fsp3) is 0.647. The predicted octanol–water partition coefficient (Wildman–Crippen LogP) is 4.32. The van der Waals surface area contributed by atoms with Crippen molar-refractivity contribution in [3.63, 3.8) is 0 Å². The van der Waals surface area contributed by atoms with E-state index in [1.54, 1.807) is 0 Å². The summed E-state index contributed by atoms with van der Waals surface area (Å²) in [6, 6.07) is 8.32. The first-order chi connectivity index (χ1) is 10.3. The minimum absolute atomic E-state index is 0.0730. The summed E-state index contributed by atoms with van der Waals surface area (Å²) in [4.78, 5) is 0. The molecule has 21 heavy (non-hydrogen) atoms. The molecule has 0 amide bonds. The summed E-state index contributed by atoms with van der Waals surface area (Å²) >= 11 is 3.52. The Hall–Kier alpha value is -0.420. The smallest absolute Gasteiger partial charge is 0.0950 e. The van der Waals surface area contributed by atoms with Crippen LogP contribution >= 0.6 is 15.9 Å². The van der Waals surface area contributed by atoms with Gasteiger partial charge in [-0.3, -0.25) is 0 Å². The lowest BCUT2D eigenvalue weighted by Gasteiger charge is -2.19. The van der Waals surface area contributed by atoms with Gasteiger partial charge in [0.1, 0.15) is 0 Å². The number of ether oxygens (including phenoxy) is 2. The molecule has 1 unspecified atom stereocenters. The molecule has 4 heteroatoms. The van der Waals surface area contributed by atoms with Crippen molar-refractivity contribution >= 4 is 15.9 Å². The van der Waals surface area contributed by atoms with E-state index in [1.165, 1.54) is 12.0 Å². The van der Waals surface area contributed by atoms with E-state index in [0.29, 0.717) is 13.2 Å². The number of benzene rings is 1. The standard InChI is InChI=1S/C17H28BrNO2/c1-3-5-10-20-11-12-21-17(14-19-9-4-2)15-7-6-8-16(18)13-15/h6-8,13,17,19H,3-5,9-12,14H2,1-2H3. The van der Waals surface area contributed by atoms with Crippen LogP contribution in [0, 0.1) is 0 Å². The Morgan fingerprint density at radius 1 is 1.14 bits per heavy atom. The molecule has 3 nitrogen and oxygen atoms in total. The first kappa shape index (κ1) is 18.6. The molecule has 0 aliphatic heterocycles. The highest BCUT2D eigenvalue weighted by atomic mass is 79.9. The Bertz CT molecular complexity index is 374.